The van der Waals surface area contributed by atoms with E-state index >= 15 is 0 Å². The second-order valence-electron chi connectivity index (χ2n) is 4.20. The number of aromatic nitrogens is 1. The predicted octanol–water partition coefficient (Wildman–Crippen LogP) is 0.645. The van der Waals surface area contributed by atoms with Gasteiger partial charge in [-0.15, -0.1) is 0 Å². The topological polar surface area (TPSA) is 74.4 Å². The lowest BCUT2D eigenvalue weighted by molar-refractivity contribution is -0.149. The molecule has 19 heavy (non-hydrogen) atoms. The summed E-state index contributed by atoms with van der Waals surface area (Å²) in [5.41, 5.74) is 0.376. The fourth-order valence-electron chi connectivity index (χ4n) is 2.04. The molecule has 6 nitrogen and oxygen atoms in total. The first-order chi connectivity index (χ1) is 9.13. The van der Waals surface area contributed by atoms with Crippen LogP contribution in [0.2, 0.25) is 5.02 Å². The van der Waals surface area contributed by atoms with E-state index in [4.69, 9.17) is 16.3 Å². The zero-order valence-corrected chi connectivity index (χ0v) is 11.4. The van der Waals surface area contributed by atoms with Crippen molar-refractivity contribution in [1.82, 2.24) is 15.2 Å². The predicted molar refractivity (Wildman–Crippen MR) is 70.1 cm³/mol. The quantitative estimate of drug-likeness (QED) is 0.800. The van der Waals surface area contributed by atoms with Crippen molar-refractivity contribution in [2.75, 3.05) is 26.2 Å². The molecule has 2 rings (SSSR count). The number of ether oxygens (including phenoxy) is 1. The summed E-state index contributed by atoms with van der Waals surface area (Å²) in [5.74, 6) is -0.632. The first kappa shape index (κ1) is 13.9. The highest BCUT2D eigenvalue weighted by atomic mass is 35.5. The molecule has 1 unspecified atom stereocenters. The molecule has 0 saturated carbocycles. The fourth-order valence-corrected chi connectivity index (χ4v) is 2.21. The van der Waals surface area contributed by atoms with E-state index in [2.05, 4.69) is 10.3 Å². The summed E-state index contributed by atoms with van der Waals surface area (Å²) in [7, 11) is 0. The van der Waals surface area contributed by atoms with Crippen molar-refractivity contribution in [3.05, 3.63) is 23.0 Å². The van der Waals surface area contributed by atoms with Crippen LogP contribution >= 0.6 is 11.6 Å². The van der Waals surface area contributed by atoms with E-state index in [-0.39, 0.29) is 11.9 Å². The molecule has 0 aliphatic carbocycles. The summed E-state index contributed by atoms with van der Waals surface area (Å²) in [6.45, 7) is 3.55. The van der Waals surface area contributed by atoms with Crippen molar-refractivity contribution in [3.63, 3.8) is 0 Å². The van der Waals surface area contributed by atoms with Crippen LogP contribution < -0.4 is 5.32 Å². The molecule has 1 atom stereocenters. The molecule has 1 fully saturated rings. The van der Waals surface area contributed by atoms with Gasteiger partial charge in [0, 0.05) is 25.8 Å². The van der Waals surface area contributed by atoms with E-state index in [0.29, 0.717) is 37.0 Å². The number of nitrogens with one attached hydrogen (secondary N) is 2. The van der Waals surface area contributed by atoms with Crippen LogP contribution in [0.15, 0.2) is 12.3 Å². The third-order valence-corrected chi connectivity index (χ3v) is 3.16. The number of rotatable bonds is 3. The summed E-state index contributed by atoms with van der Waals surface area (Å²) in [6.07, 6.45) is 1.54. The number of nitrogens with zero attached hydrogens (tertiary/aromatic N) is 1. The van der Waals surface area contributed by atoms with Crippen LogP contribution in [0, 0.1) is 0 Å². The van der Waals surface area contributed by atoms with Gasteiger partial charge in [0.2, 0.25) is 0 Å². The van der Waals surface area contributed by atoms with Gasteiger partial charge in [0.15, 0.2) is 0 Å². The minimum atomic E-state index is -0.594. The van der Waals surface area contributed by atoms with E-state index < -0.39 is 6.04 Å². The maximum Gasteiger partial charge on any atom is 0.330 e. The number of hydrogen-bond donors (Lipinski definition) is 2. The lowest BCUT2D eigenvalue weighted by Gasteiger charge is -2.34. The Labute approximate surface area is 116 Å². The number of halogens is 1. The van der Waals surface area contributed by atoms with Gasteiger partial charge in [-0.1, -0.05) is 11.6 Å². The average molecular weight is 286 g/mol. The molecule has 0 radical (unpaired) electrons. The smallest absolute Gasteiger partial charge is 0.330 e. The molecule has 0 aromatic carbocycles. The molecule has 1 aliphatic rings. The molecule has 1 aromatic rings. The van der Waals surface area contributed by atoms with Gasteiger partial charge in [0.25, 0.3) is 5.91 Å². The van der Waals surface area contributed by atoms with Crippen molar-refractivity contribution in [2.45, 2.75) is 13.0 Å². The lowest BCUT2D eigenvalue weighted by Crippen LogP contribution is -2.57. The Morgan fingerprint density at radius 1 is 1.58 bits per heavy atom. The van der Waals surface area contributed by atoms with Crippen molar-refractivity contribution in [2.24, 2.45) is 0 Å². The largest absolute Gasteiger partial charge is 0.464 e. The van der Waals surface area contributed by atoms with Crippen LogP contribution in [0.4, 0.5) is 0 Å². The molecule has 0 spiro atoms. The van der Waals surface area contributed by atoms with Gasteiger partial charge in [-0.05, 0) is 13.0 Å². The molecule has 1 aromatic heterocycles. The number of esters is 1. The molecule has 104 valence electrons. The Bertz CT molecular complexity index is 475. The maximum atomic E-state index is 12.3. The standard InChI is InChI=1S/C12H16ClN3O3/c1-2-19-12(18)10-7-14-3-4-16(10)11(17)9-5-8(13)6-15-9/h5-6,10,14-15H,2-4,7H2,1H3. The van der Waals surface area contributed by atoms with E-state index in [1.807, 2.05) is 0 Å². The lowest BCUT2D eigenvalue weighted by atomic mass is 10.1. The molecule has 0 bridgehead atoms. The van der Waals surface area contributed by atoms with Crippen LogP contribution in [-0.2, 0) is 9.53 Å². The highest BCUT2D eigenvalue weighted by molar-refractivity contribution is 6.31. The van der Waals surface area contributed by atoms with E-state index in [1.165, 1.54) is 11.1 Å². The number of hydrogen-bond acceptors (Lipinski definition) is 4. The van der Waals surface area contributed by atoms with Gasteiger partial charge in [-0.3, -0.25) is 4.79 Å². The van der Waals surface area contributed by atoms with Crippen molar-refractivity contribution in [1.29, 1.82) is 0 Å². The van der Waals surface area contributed by atoms with Gasteiger partial charge in [-0.25, -0.2) is 4.79 Å². The fraction of sp³-hybridized carbons (Fsp3) is 0.500. The van der Waals surface area contributed by atoms with E-state index in [1.54, 1.807) is 13.0 Å². The summed E-state index contributed by atoms with van der Waals surface area (Å²) in [6, 6.07) is 0.956. The van der Waals surface area contributed by atoms with Crippen LogP contribution in [0.5, 0.6) is 0 Å². The number of carbonyl (C=O) groups is 2. The second kappa shape index (κ2) is 6.08. The molecule has 1 amide bonds. The Balaban J connectivity index is 2.15. The number of amides is 1. The first-order valence-electron chi connectivity index (χ1n) is 6.15. The maximum absolute atomic E-state index is 12.3. The summed E-state index contributed by atoms with van der Waals surface area (Å²) < 4.78 is 4.99. The second-order valence-corrected chi connectivity index (χ2v) is 4.64. The third-order valence-electron chi connectivity index (χ3n) is 2.94. The Morgan fingerprint density at radius 3 is 3.00 bits per heavy atom. The molecule has 7 heteroatoms. The Morgan fingerprint density at radius 2 is 2.37 bits per heavy atom. The molecule has 2 heterocycles. The Kier molecular flexibility index (Phi) is 4.44. The van der Waals surface area contributed by atoms with Gasteiger partial charge in [0.05, 0.1) is 11.6 Å². The van der Waals surface area contributed by atoms with Crippen LogP contribution in [0.25, 0.3) is 0 Å². The molecular weight excluding hydrogens is 270 g/mol. The molecule has 2 N–H and O–H groups in total. The summed E-state index contributed by atoms with van der Waals surface area (Å²) >= 11 is 5.79. The van der Waals surface area contributed by atoms with Crippen molar-refractivity contribution >= 4 is 23.5 Å². The molecular formula is C12H16ClN3O3. The monoisotopic (exact) mass is 285 g/mol. The highest BCUT2D eigenvalue weighted by Gasteiger charge is 2.34. The van der Waals surface area contributed by atoms with Gasteiger partial charge in [0.1, 0.15) is 11.7 Å². The van der Waals surface area contributed by atoms with Crippen molar-refractivity contribution < 1.29 is 14.3 Å². The number of piperazine rings is 1. The molecule has 1 saturated heterocycles. The van der Waals surface area contributed by atoms with Gasteiger partial charge in [-0.2, -0.15) is 0 Å². The number of H-pyrrole nitrogens is 1. The number of aromatic amines is 1. The third kappa shape index (κ3) is 3.08. The average Bonchev–Trinajstić information content (AvgIpc) is 2.85. The SMILES string of the molecule is CCOC(=O)C1CNCCN1C(=O)c1cc(Cl)c[nH]1. The normalized spacial score (nSPS) is 19.3. The highest BCUT2D eigenvalue weighted by Crippen LogP contribution is 2.15. The zero-order valence-electron chi connectivity index (χ0n) is 10.6. The van der Waals surface area contributed by atoms with Gasteiger partial charge < -0.3 is 19.9 Å². The first-order valence-corrected chi connectivity index (χ1v) is 6.53. The van der Waals surface area contributed by atoms with E-state index in [9.17, 15) is 9.59 Å². The van der Waals surface area contributed by atoms with E-state index in [0.717, 1.165) is 0 Å². The molecule has 1 aliphatic heterocycles. The summed E-state index contributed by atoms with van der Waals surface area (Å²) in [4.78, 5) is 28.5. The van der Waals surface area contributed by atoms with Crippen molar-refractivity contribution in [3.8, 4) is 0 Å². The zero-order chi connectivity index (χ0) is 13.8. The Hall–Kier alpha value is -1.53. The van der Waals surface area contributed by atoms with Crippen LogP contribution in [0.1, 0.15) is 17.4 Å². The minimum absolute atomic E-state index is 0.244. The van der Waals surface area contributed by atoms with Crippen LogP contribution in [0.3, 0.4) is 0 Å². The van der Waals surface area contributed by atoms with Gasteiger partial charge >= 0.3 is 5.97 Å². The van der Waals surface area contributed by atoms with Crippen LogP contribution in [-0.4, -0.2) is 54.0 Å². The number of carbonyl (C=O) groups excluding carboxylic acids is 2. The minimum Gasteiger partial charge on any atom is -0.464 e. The summed E-state index contributed by atoms with van der Waals surface area (Å²) in [5, 5.41) is 3.55.